The van der Waals surface area contributed by atoms with E-state index in [0.717, 1.165) is 30.3 Å². The van der Waals surface area contributed by atoms with E-state index in [2.05, 4.69) is 4.98 Å². The summed E-state index contributed by atoms with van der Waals surface area (Å²) < 4.78 is 10.5. The van der Waals surface area contributed by atoms with Crippen LogP contribution in [0.4, 0.5) is 0 Å². The third kappa shape index (κ3) is 2.57. The SMILES string of the molecule is CCOC(=O)C(C)(C)c1csc(C2CCOC2)n1. The highest BCUT2D eigenvalue weighted by atomic mass is 32.1. The van der Waals surface area contributed by atoms with Gasteiger partial charge in [0.15, 0.2) is 0 Å². The van der Waals surface area contributed by atoms with Gasteiger partial charge < -0.3 is 9.47 Å². The van der Waals surface area contributed by atoms with Gasteiger partial charge in [0.2, 0.25) is 0 Å². The lowest BCUT2D eigenvalue weighted by Gasteiger charge is -2.19. The maximum atomic E-state index is 11.9. The van der Waals surface area contributed by atoms with E-state index in [0.29, 0.717) is 12.5 Å². The predicted octanol–water partition coefficient (Wildman–Crippen LogP) is 2.49. The smallest absolute Gasteiger partial charge is 0.317 e. The van der Waals surface area contributed by atoms with Crippen LogP contribution in [0.25, 0.3) is 0 Å². The maximum Gasteiger partial charge on any atom is 0.317 e. The topological polar surface area (TPSA) is 48.4 Å². The van der Waals surface area contributed by atoms with Crippen LogP contribution in [0.5, 0.6) is 0 Å². The maximum absolute atomic E-state index is 11.9. The van der Waals surface area contributed by atoms with Crippen molar-refractivity contribution in [2.45, 2.75) is 38.5 Å². The molecule has 1 aromatic rings. The molecule has 1 fully saturated rings. The molecule has 100 valence electrons. The van der Waals surface area contributed by atoms with E-state index in [-0.39, 0.29) is 5.97 Å². The number of aromatic nitrogens is 1. The minimum absolute atomic E-state index is 0.218. The summed E-state index contributed by atoms with van der Waals surface area (Å²) in [6.07, 6.45) is 1.02. The minimum Gasteiger partial charge on any atom is -0.465 e. The molecule has 0 spiro atoms. The molecular formula is C13H19NO3S. The zero-order valence-electron chi connectivity index (χ0n) is 11.1. The summed E-state index contributed by atoms with van der Waals surface area (Å²) in [4.78, 5) is 16.5. The summed E-state index contributed by atoms with van der Waals surface area (Å²) in [6.45, 7) is 7.48. The molecule has 0 bridgehead atoms. The third-order valence-electron chi connectivity index (χ3n) is 3.23. The van der Waals surface area contributed by atoms with Crippen molar-refractivity contribution < 1.29 is 14.3 Å². The number of thiazole rings is 1. The fourth-order valence-corrected chi connectivity index (χ4v) is 3.02. The van der Waals surface area contributed by atoms with Gasteiger partial charge in [0.25, 0.3) is 0 Å². The predicted molar refractivity (Wildman–Crippen MR) is 70.0 cm³/mol. The highest BCUT2D eigenvalue weighted by molar-refractivity contribution is 7.09. The van der Waals surface area contributed by atoms with Gasteiger partial charge in [0.1, 0.15) is 5.41 Å². The molecule has 0 aliphatic carbocycles. The first-order valence-electron chi connectivity index (χ1n) is 6.26. The molecule has 2 heterocycles. The standard InChI is InChI=1S/C13H19NO3S/c1-4-17-12(15)13(2,3)10-8-18-11(14-10)9-5-6-16-7-9/h8-9H,4-7H2,1-3H3. The molecule has 1 unspecified atom stereocenters. The third-order valence-corrected chi connectivity index (χ3v) is 4.23. The number of carbonyl (C=O) groups excluding carboxylic acids is 1. The second-order valence-electron chi connectivity index (χ2n) is 4.98. The Labute approximate surface area is 111 Å². The molecular weight excluding hydrogens is 250 g/mol. The molecule has 4 nitrogen and oxygen atoms in total. The number of ether oxygens (including phenoxy) is 2. The van der Waals surface area contributed by atoms with Gasteiger partial charge in [-0.1, -0.05) is 0 Å². The summed E-state index contributed by atoms with van der Waals surface area (Å²) in [7, 11) is 0. The second-order valence-corrected chi connectivity index (χ2v) is 5.87. The van der Waals surface area contributed by atoms with Crippen molar-refractivity contribution in [1.29, 1.82) is 0 Å². The molecule has 1 aromatic heterocycles. The molecule has 0 saturated carbocycles. The summed E-state index contributed by atoms with van der Waals surface area (Å²) >= 11 is 1.61. The lowest BCUT2D eigenvalue weighted by molar-refractivity contribution is -0.148. The summed E-state index contributed by atoms with van der Waals surface area (Å²) in [5, 5.41) is 3.03. The average Bonchev–Trinajstić information content (AvgIpc) is 3.00. The van der Waals surface area contributed by atoms with Crippen LogP contribution in [0.1, 0.15) is 43.8 Å². The van der Waals surface area contributed by atoms with E-state index in [1.165, 1.54) is 0 Å². The van der Waals surface area contributed by atoms with Crippen LogP contribution in [0.15, 0.2) is 5.38 Å². The first-order chi connectivity index (χ1) is 8.55. The molecule has 0 N–H and O–H groups in total. The van der Waals surface area contributed by atoms with Crippen molar-refractivity contribution in [3.63, 3.8) is 0 Å². The highest BCUT2D eigenvalue weighted by Gasteiger charge is 2.34. The molecule has 1 aliphatic heterocycles. The van der Waals surface area contributed by atoms with E-state index in [1.54, 1.807) is 11.3 Å². The number of esters is 1. The molecule has 0 aromatic carbocycles. The zero-order valence-corrected chi connectivity index (χ0v) is 11.9. The Balaban J connectivity index is 2.15. The van der Waals surface area contributed by atoms with Gasteiger partial charge in [0.05, 0.1) is 23.9 Å². The fraction of sp³-hybridized carbons (Fsp3) is 0.692. The molecule has 18 heavy (non-hydrogen) atoms. The Morgan fingerprint density at radius 1 is 1.67 bits per heavy atom. The first-order valence-corrected chi connectivity index (χ1v) is 7.14. The molecule has 0 amide bonds. The zero-order chi connectivity index (χ0) is 13.2. The Hall–Kier alpha value is -0.940. The minimum atomic E-state index is -0.676. The van der Waals surface area contributed by atoms with Crippen molar-refractivity contribution in [3.8, 4) is 0 Å². The summed E-state index contributed by atoms with van der Waals surface area (Å²) in [5.74, 6) is 0.172. The molecule has 1 atom stereocenters. The van der Waals surface area contributed by atoms with E-state index >= 15 is 0 Å². The largest absolute Gasteiger partial charge is 0.465 e. The van der Waals surface area contributed by atoms with Gasteiger partial charge in [-0.3, -0.25) is 4.79 Å². The molecule has 1 aliphatic rings. The van der Waals surface area contributed by atoms with Crippen LogP contribution in [0.2, 0.25) is 0 Å². The molecule has 1 saturated heterocycles. The Kier molecular flexibility index (Phi) is 4.02. The first kappa shape index (κ1) is 13.5. The van der Waals surface area contributed by atoms with Crippen molar-refractivity contribution >= 4 is 17.3 Å². The lowest BCUT2D eigenvalue weighted by Crippen LogP contribution is -2.31. The number of carbonyl (C=O) groups is 1. The highest BCUT2D eigenvalue weighted by Crippen LogP contribution is 2.32. The fourth-order valence-electron chi connectivity index (χ4n) is 1.91. The number of rotatable bonds is 4. The Morgan fingerprint density at radius 2 is 2.44 bits per heavy atom. The number of hydrogen-bond acceptors (Lipinski definition) is 5. The average molecular weight is 269 g/mol. The summed E-state index contributed by atoms with van der Waals surface area (Å²) in [6, 6.07) is 0. The van der Waals surface area contributed by atoms with Crippen LogP contribution in [-0.2, 0) is 19.7 Å². The Bertz CT molecular complexity index is 422. The molecule has 2 rings (SSSR count). The van der Waals surface area contributed by atoms with Crippen LogP contribution in [-0.4, -0.2) is 30.8 Å². The molecule has 5 heteroatoms. The van der Waals surface area contributed by atoms with E-state index in [9.17, 15) is 4.79 Å². The van der Waals surface area contributed by atoms with Gasteiger partial charge in [-0.2, -0.15) is 0 Å². The van der Waals surface area contributed by atoms with Crippen molar-refractivity contribution in [3.05, 3.63) is 16.1 Å². The van der Waals surface area contributed by atoms with E-state index in [1.807, 2.05) is 26.2 Å². The van der Waals surface area contributed by atoms with Gasteiger partial charge >= 0.3 is 5.97 Å². The normalized spacial score (nSPS) is 20.1. The Morgan fingerprint density at radius 3 is 3.06 bits per heavy atom. The van der Waals surface area contributed by atoms with Gasteiger partial charge in [0, 0.05) is 17.9 Å². The quantitative estimate of drug-likeness (QED) is 0.788. The van der Waals surface area contributed by atoms with Crippen LogP contribution in [0, 0.1) is 0 Å². The van der Waals surface area contributed by atoms with Gasteiger partial charge in [-0.15, -0.1) is 11.3 Å². The number of hydrogen-bond donors (Lipinski definition) is 0. The van der Waals surface area contributed by atoms with Crippen LogP contribution < -0.4 is 0 Å². The van der Waals surface area contributed by atoms with Crippen LogP contribution >= 0.6 is 11.3 Å². The van der Waals surface area contributed by atoms with Crippen molar-refractivity contribution in [2.24, 2.45) is 0 Å². The van der Waals surface area contributed by atoms with Crippen molar-refractivity contribution in [2.75, 3.05) is 19.8 Å². The van der Waals surface area contributed by atoms with Crippen LogP contribution in [0.3, 0.4) is 0 Å². The van der Waals surface area contributed by atoms with E-state index in [4.69, 9.17) is 9.47 Å². The molecule has 0 radical (unpaired) electrons. The monoisotopic (exact) mass is 269 g/mol. The lowest BCUT2D eigenvalue weighted by atomic mass is 9.90. The van der Waals surface area contributed by atoms with Crippen molar-refractivity contribution in [1.82, 2.24) is 4.98 Å². The second kappa shape index (κ2) is 5.36. The number of nitrogens with zero attached hydrogens (tertiary/aromatic N) is 1. The van der Waals surface area contributed by atoms with E-state index < -0.39 is 5.41 Å². The summed E-state index contributed by atoms with van der Waals surface area (Å²) in [5.41, 5.74) is 0.123. The van der Waals surface area contributed by atoms with Gasteiger partial charge in [-0.25, -0.2) is 4.98 Å². The van der Waals surface area contributed by atoms with Gasteiger partial charge in [-0.05, 0) is 27.2 Å².